The van der Waals surface area contributed by atoms with Gasteiger partial charge in [0.05, 0.1) is 6.67 Å². The molecule has 0 fully saturated rings. The molecule has 10 heavy (non-hydrogen) atoms. The zero-order valence-corrected chi connectivity index (χ0v) is 6.95. The number of hydrogen-bond donors (Lipinski definition) is 3. The second-order valence-electron chi connectivity index (χ2n) is 2.51. The summed E-state index contributed by atoms with van der Waals surface area (Å²) < 4.78 is 0. The maximum Gasteiger partial charge on any atom is 0.0625 e. The highest BCUT2D eigenvalue weighted by Gasteiger charge is 2.07. The first-order valence-electron chi connectivity index (χ1n) is 3.69. The lowest BCUT2D eigenvalue weighted by Gasteiger charge is -2.17. The predicted octanol–water partition coefficient (Wildman–Crippen LogP) is 1.21. The van der Waals surface area contributed by atoms with Gasteiger partial charge in [-0.25, -0.2) is 0 Å². The molecule has 1 aliphatic rings. The van der Waals surface area contributed by atoms with Crippen molar-refractivity contribution in [2.75, 3.05) is 6.67 Å². The Labute approximate surface area is 67.3 Å². The van der Waals surface area contributed by atoms with Gasteiger partial charge in [-0.15, -0.1) is 12.6 Å². The minimum atomic E-state index is 0.527. The van der Waals surface area contributed by atoms with Gasteiger partial charge in [-0.05, 0) is 25.7 Å². The quantitative estimate of drug-likeness (QED) is 0.417. The summed E-state index contributed by atoms with van der Waals surface area (Å²) >= 11 is 4.35. The van der Waals surface area contributed by atoms with Crippen LogP contribution in [0.3, 0.4) is 0 Å². The minimum absolute atomic E-state index is 0.527. The van der Waals surface area contributed by atoms with Crippen LogP contribution in [0.5, 0.6) is 0 Å². The number of rotatable bonds is 2. The van der Waals surface area contributed by atoms with Gasteiger partial charge in [-0.1, -0.05) is 0 Å². The molecule has 3 N–H and O–H groups in total. The lowest BCUT2D eigenvalue weighted by atomic mass is 10.0. The number of allylic oxidation sites excluding steroid dienone is 2. The maximum atomic E-state index is 5.34. The molecular formula is C7H14N2S. The van der Waals surface area contributed by atoms with E-state index >= 15 is 0 Å². The Morgan fingerprint density at radius 1 is 1.40 bits per heavy atom. The van der Waals surface area contributed by atoms with Crippen LogP contribution in [0.2, 0.25) is 0 Å². The van der Waals surface area contributed by atoms with Gasteiger partial charge in [0.15, 0.2) is 0 Å². The Morgan fingerprint density at radius 3 is 2.70 bits per heavy atom. The van der Waals surface area contributed by atoms with E-state index in [-0.39, 0.29) is 0 Å². The van der Waals surface area contributed by atoms with Gasteiger partial charge in [-0.2, -0.15) is 0 Å². The van der Waals surface area contributed by atoms with Crippen molar-refractivity contribution in [3.05, 3.63) is 10.6 Å². The standard InChI is InChI=1S/C7H14N2S/c8-5-9-6-3-1-2-4-7(6)10/h9-10H,1-5,8H2. The van der Waals surface area contributed by atoms with Gasteiger partial charge in [0.25, 0.3) is 0 Å². The van der Waals surface area contributed by atoms with Crippen molar-refractivity contribution in [2.45, 2.75) is 25.7 Å². The molecule has 1 aliphatic carbocycles. The third-order valence-electron chi connectivity index (χ3n) is 1.75. The topological polar surface area (TPSA) is 38.0 Å². The zero-order valence-electron chi connectivity index (χ0n) is 6.06. The molecular weight excluding hydrogens is 144 g/mol. The Bertz CT molecular complexity index is 143. The van der Waals surface area contributed by atoms with Crippen molar-refractivity contribution >= 4 is 12.6 Å². The van der Waals surface area contributed by atoms with Crippen LogP contribution in [0, 0.1) is 0 Å². The molecule has 0 radical (unpaired) electrons. The van der Waals surface area contributed by atoms with Gasteiger partial charge in [-0.3, -0.25) is 0 Å². The van der Waals surface area contributed by atoms with Crippen molar-refractivity contribution in [1.82, 2.24) is 5.32 Å². The molecule has 3 heteroatoms. The van der Waals surface area contributed by atoms with E-state index in [1.807, 2.05) is 0 Å². The summed E-state index contributed by atoms with van der Waals surface area (Å²) in [6.45, 7) is 0.527. The number of hydrogen-bond acceptors (Lipinski definition) is 3. The number of nitrogens with two attached hydrogens (primary N) is 1. The van der Waals surface area contributed by atoms with E-state index in [0.29, 0.717) is 6.67 Å². The SMILES string of the molecule is NCNC1=C(S)CCCC1. The van der Waals surface area contributed by atoms with Gasteiger partial charge < -0.3 is 11.1 Å². The van der Waals surface area contributed by atoms with Crippen molar-refractivity contribution in [2.24, 2.45) is 5.73 Å². The monoisotopic (exact) mass is 158 g/mol. The van der Waals surface area contributed by atoms with Crippen LogP contribution in [0.1, 0.15) is 25.7 Å². The van der Waals surface area contributed by atoms with Crippen LogP contribution in [0.25, 0.3) is 0 Å². The zero-order chi connectivity index (χ0) is 7.40. The summed E-state index contributed by atoms with van der Waals surface area (Å²) in [5.74, 6) is 0. The second-order valence-corrected chi connectivity index (χ2v) is 3.05. The smallest absolute Gasteiger partial charge is 0.0625 e. The third kappa shape index (κ3) is 1.92. The Morgan fingerprint density at radius 2 is 2.10 bits per heavy atom. The van der Waals surface area contributed by atoms with Crippen LogP contribution in [-0.4, -0.2) is 6.67 Å². The fourth-order valence-corrected chi connectivity index (χ4v) is 1.55. The molecule has 0 saturated heterocycles. The highest BCUT2D eigenvalue weighted by atomic mass is 32.1. The highest BCUT2D eigenvalue weighted by molar-refractivity contribution is 7.84. The first-order valence-corrected chi connectivity index (χ1v) is 4.14. The van der Waals surface area contributed by atoms with Crippen LogP contribution in [0.4, 0.5) is 0 Å². The summed E-state index contributed by atoms with van der Waals surface area (Å²) in [4.78, 5) is 1.19. The lowest BCUT2D eigenvalue weighted by molar-refractivity contribution is 0.639. The Balaban J connectivity index is 2.50. The number of thiol groups is 1. The summed E-state index contributed by atoms with van der Waals surface area (Å²) in [5, 5.41) is 3.12. The largest absolute Gasteiger partial charge is 0.375 e. The van der Waals surface area contributed by atoms with E-state index < -0.39 is 0 Å². The third-order valence-corrected chi connectivity index (χ3v) is 2.25. The van der Waals surface area contributed by atoms with Gasteiger partial charge in [0.1, 0.15) is 0 Å². The van der Waals surface area contributed by atoms with E-state index in [0.717, 1.165) is 12.8 Å². The van der Waals surface area contributed by atoms with Gasteiger partial charge in [0.2, 0.25) is 0 Å². The molecule has 0 unspecified atom stereocenters. The first-order chi connectivity index (χ1) is 4.84. The summed E-state index contributed by atoms with van der Waals surface area (Å²) in [6, 6.07) is 0. The second kappa shape index (κ2) is 3.88. The van der Waals surface area contributed by atoms with Crippen LogP contribution in [0.15, 0.2) is 10.6 Å². The van der Waals surface area contributed by atoms with E-state index in [2.05, 4.69) is 17.9 Å². The fourth-order valence-electron chi connectivity index (χ4n) is 1.20. The molecule has 0 aromatic heterocycles. The molecule has 0 heterocycles. The summed E-state index contributed by atoms with van der Waals surface area (Å²) in [7, 11) is 0. The summed E-state index contributed by atoms with van der Waals surface area (Å²) in [6.07, 6.45) is 4.78. The molecule has 0 bridgehead atoms. The molecule has 0 aromatic rings. The average Bonchev–Trinajstić information content (AvgIpc) is 1.94. The molecule has 58 valence electrons. The maximum absolute atomic E-state index is 5.34. The Hall–Kier alpha value is -0.150. The molecule has 0 aliphatic heterocycles. The number of nitrogens with one attached hydrogen (secondary N) is 1. The molecule has 0 saturated carbocycles. The first kappa shape index (κ1) is 7.95. The van der Waals surface area contributed by atoms with Crippen molar-refractivity contribution in [3.63, 3.8) is 0 Å². The Kier molecular flexibility index (Phi) is 3.09. The minimum Gasteiger partial charge on any atom is -0.375 e. The van der Waals surface area contributed by atoms with Gasteiger partial charge in [0, 0.05) is 10.6 Å². The molecule has 0 amide bonds. The average molecular weight is 158 g/mol. The van der Waals surface area contributed by atoms with E-state index in [9.17, 15) is 0 Å². The fraction of sp³-hybridized carbons (Fsp3) is 0.714. The van der Waals surface area contributed by atoms with Crippen molar-refractivity contribution in [3.8, 4) is 0 Å². The predicted molar refractivity (Wildman–Crippen MR) is 46.7 cm³/mol. The van der Waals surface area contributed by atoms with Gasteiger partial charge >= 0.3 is 0 Å². The lowest BCUT2D eigenvalue weighted by Crippen LogP contribution is -2.23. The molecule has 2 nitrogen and oxygen atoms in total. The highest BCUT2D eigenvalue weighted by Crippen LogP contribution is 2.24. The van der Waals surface area contributed by atoms with Crippen LogP contribution >= 0.6 is 12.6 Å². The summed E-state index contributed by atoms with van der Waals surface area (Å²) in [5.41, 5.74) is 6.59. The normalized spacial score (nSPS) is 19.4. The molecule has 0 spiro atoms. The molecule has 0 atom stereocenters. The van der Waals surface area contributed by atoms with Crippen LogP contribution < -0.4 is 11.1 Å². The van der Waals surface area contributed by atoms with Crippen LogP contribution in [-0.2, 0) is 0 Å². The van der Waals surface area contributed by atoms with E-state index in [1.54, 1.807) is 0 Å². The molecule has 0 aromatic carbocycles. The van der Waals surface area contributed by atoms with E-state index in [4.69, 9.17) is 5.73 Å². The van der Waals surface area contributed by atoms with Crippen molar-refractivity contribution in [1.29, 1.82) is 0 Å². The molecule has 1 rings (SSSR count). The van der Waals surface area contributed by atoms with E-state index in [1.165, 1.54) is 23.4 Å². The van der Waals surface area contributed by atoms with Crippen molar-refractivity contribution < 1.29 is 0 Å².